The second kappa shape index (κ2) is 5.54. The van der Waals surface area contributed by atoms with Gasteiger partial charge in [0.15, 0.2) is 0 Å². The lowest BCUT2D eigenvalue weighted by atomic mass is 10.1. The van der Waals surface area contributed by atoms with Gasteiger partial charge in [-0.05, 0) is 23.8 Å². The molecule has 104 valence electrons. The van der Waals surface area contributed by atoms with E-state index in [9.17, 15) is 9.59 Å². The van der Waals surface area contributed by atoms with Crippen molar-refractivity contribution in [2.75, 3.05) is 10.3 Å². The number of hydrogen-bond acceptors (Lipinski definition) is 4. The van der Waals surface area contributed by atoms with E-state index >= 15 is 0 Å². The minimum absolute atomic E-state index is 0.0652. The summed E-state index contributed by atoms with van der Waals surface area (Å²) in [5.74, 6) is -0.0652. The van der Waals surface area contributed by atoms with Crippen LogP contribution in [0.15, 0.2) is 47.8 Å². The van der Waals surface area contributed by atoms with Crippen LogP contribution in [-0.2, 0) is 9.59 Å². The second-order valence-corrected chi connectivity index (χ2v) is 4.44. The number of carbonyl (C=O) groups is 2. The van der Waals surface area contributed by atoms with Gasteiger partial charge >= 0.3 is 0 Å². The number of rotatable bonds is 4. The number of nitrogens with one attached hydrogen (secondary N) is 1. The van der Waals surface area contributed by atoms with Crippen LogP contribution in [0.4, 0.5) is 11.4 Å². The lowest BCUT2D eigenvalue weighted by Gasteiger charge is -2.14. The molecule has 2 amide bonds. The van der Waals surface area contributed by atoms with Crippen LogP contribution in [0.5, 0.6) is 0 Å². The van der Waals surface area contributed by atoms with Crippen molar-refractivity contribution >= 4 is 29.9 Å². The fourth-order valence-corrected chi connectivity index (χ4v) is 2.18. The van der Waals surface area contributed by atoms with Crippen molar-refractivity contribution in [3.63, 3.8) is 0 Å². The Morgan fingerprint density at radius 1 is 1.29 bits per heavy atom. The quantitative estimate of drug-likeness (QED) is 0.871. The zero-order valence-corrected chi connectivity index (χ0v) is 11.1. The van der Waals surface area contributed by atoms with Crippen molar-refractivity contribution in [3.05, 3.63) is 42.7 Å². The molecule has 0 aliphatic carbocycles. The molecule has 0 spiro atoms. The Hall–Kier alpha value is -3.02. The van der Waals surface area contributed by atoms with Gasteiger partial charge < -0.3 is 5.32 Å². The van der Waals surface area contributed by atoms with Crippen molar-refractivity contribution in [1.29, 1.82) is 0 Å². The Morgan fingerprint density at radius 2 is 2.19 bits per heavy atom. The van der Waals surface area contributed by atoms with E-state index in [1.807, 2.05) is 24.3 Å². The van der Waals surface area contributed by atoms with Gasteiger partial charge in [-0.25, -0.2) is 5.01 Å². The van der Waals surface area contributed by atoms with E-state index in [0.29, 0.717) is 24.2 Å². The molecule has 0 saturated heterocycles. The summed E-state index contributed by atoms with van der Waals surface area (Å²) in [6.07, 6.45) is 5.79. The molecule has 1 aromatic heterocycles. The molecule has 1 N–H and O–H groups in total. The molecular weight excluding hydrogens is 268 g/mol. The van der Waals surface area contributed by atoms with Crippen molar-refractivity contribution in [3.8, 4) is 11.1 Å². The molecule has 1 aliphatic heterocycles. The van der Waals surface area contributed by atoms with Crippen LogP contribution in [0.1, 0.15) is 6.42 Å². The van der Waals surface area contributed by atoms with Gasteiger partial charge in [0.2, 0.25) is 6.41 Å². The maximum atomic E-state index is 11.7. The summed E-state index contributed by atoms with van der Waals surface area (Å²) in [4.78, 5) is 26.5. The van der Waals surface area contributed by atoms with Gasteiger partial charge in [0.1, 0.15) is 0 Å². The van der Waals surface area contributed by atoms with Gasteiger partial charge in [-0.1, -0.05) is 12.1 Å². The van der Waals surface area contributed by atoms with Crippen molar-refractivity contribution in [1.82, 2.24) is 4.98 Å². The highest BCUT2D eigenvalue weighted by molar-refractivity contribution is 6.05. The smallest absolute Gasteiger partial charge is 0.252 e. The summed E-state index contributed by atoms with van der Waals surface area (Å²) in [5, 5.41) is 8.06. The monoisotopic (exact) mass is 280 g/mol. The van der Waals surface area contributed by atoms with E-state index in [1.54, 1.807) is 24.7 Å². The van der Waals surface area contributed by atoms with Crippen molar-refractivity contribution in [2.24, 2.45) is 5.10 Å². The third-order valence-electron chi connectivity index (χ3n) is 3.14. The first-order chi connectivity index (χ1) is 10.3. The number of aromatic nitrogens is 1. The fourth-order valence-electron chi connectivity index (χ4n) is 2.18. The highest BCUT2D eigenvalue weighted by atomic mass is 16.2. The van der Waals surface area contributed by atoms with Gasteiger partial charge in [-0.3, -0.25) is 14.6 Å². The summed E-state index contributed by atoms with van der Waals surface area (Å²) in [6.45, 7) is 0. The maximum absolute atomic E-state index is 11.7. The zero-order chi connectivity index (χ0) is 14.7. The third kappa shape index (κ3) is 2.51. The molecule has 0 bridgehead atoms. The van der Waals surface area contributed by atoms with E-state index in [2.05, 4.69) is 15.4 Å². The fraction of sp³-hybridized carbons (Fsp3) is 0.0667. The Labute approximate surface area is 121 Å². The van der Waals surface area contributed by atoms with Crippen LogP contribution in [-0.4, -0.2) is 23.5 Å². The Morgan fingerprint density at radius 3 is 2.95 bits per heavy atom. The second-order valence-electron chi connectivity index (χ2n) is 4.44. The van der Waals surface area contributed by atoms with Crippen LogP contribution in [0, 0.1) is 0 Å². The standard InChI is InChI=1S/C15H12N4O2/c20-10-17-14-4-6-16-9-13(14)11-2-1-3-12(8-11)19-15(21)5-7-18-19/h1-4,6-10H,5H2,(H,16,17,20). The highest BCUT2D eigenvalue weighted by Gasteiger charge is 2.19. The van der Waals surface area contributed by atoms with Crippen LogP contribution >= 0.6 is 0 Å². The van der Waals surface area contributed by atoms with Crippen molar-refractivity contribution in [2.45, 2.75) is 6.42 Å². The first-order valence-electron chi connectivity index (χ1n) is 6.39. The number of hydrogen-bond donors (Lipinski definition) is 1. The number of amides is 2. The van der Waals surface area contributed by atoms with E-state index in [1.165, 1.54) is 5.01 Å². The topological polar surface area (TPSA) is 74.7 Å². The number of pyridine rings is 1. The number of benzene rings is 1. The van der Waals surface area contributed by atoms with Gasteiger partial charge in [0, 0.05) is 24.2 Å². The van der Waals surface area contributed by atoms with Crippen LogP contribution in [0.3, 0.4) is 0 Å². The average Bonchev–Trinajstić information content (AvgIpc) is 2.94. The summed E-state index contributed by atoms with van der Waals surface area (Å²) in [7, 11) is 0. The summed E-state index contributed by atoms with van der Waals surface area (Å²) >= 11 is 0. The van der Waals surface area contributed by atoms with Crippen LogP contribution in [0.2, 0.25) is 0 Å². The Balaban J connectivity index is 2.02. The minimum atomic E-state index is -0.0652. The molecule has 1 aromatic carbocycles. The summed E-state index contributed by atoms with van der Waals surface area (Å²) in [5.41, 5.74) is 2.97. The number of anilines is 2. The van der Waals surface area contributed by atoms with E-state index in [0.717, 1.165) is 11.1 Å². The van der Waals surface area contributed by atoms with Gasteiger partial charge in [-0.15, -0.1) is 0 Å². The lowest BCUT2D eigenvalue weighted by molar-refractivity contribution is -0.116. The van der Waals surface area contributed by atoms with Gasteiger partial charge in [0.25, 0.3) is 5.91 Å². The third-order valence-corrected chi connectivity index (χ3v) is 3.14. The maximum Gasteiger partial charge on any atom is 0.252 e. The lowest BCUT2D eigenvalue weighted by Crippen LogP contribution is -2.19. The van der Waals surface area contributed by atoms with Crippen LogP contribution < -0.4 is 10.3 Å². The molecule has 21 heavy (non-hydrogen) atoms. The minimum Gasteiger partial charge on any atom is -0.328 e. The molecule has 0 atom stereocenters. The number of nitrogens with zero attached hydrogens (tertiary/aromatic N) is 3. The summed E-state index contributed by atoms with van der Waals surface area (Å²) in [6, 6.07) is 9.10. The van der Waals surface area contributed by atoms with E-state index < -0.39 is 0 Å². The molecule has 0 fully saturated rings. The largest absolute Gasteiger partial charge is 0.328 e. The molecule has 1 aliphatic rings. The molecule has 6 nitrogen and oxygen atoms in total. The number of hydrazone groups is 1. The SMILES string of the molecule is O=CNc1ccncc1-c1cccc(N2N=CCC2=O)c1. The van der Waals surface area contributed by atoms with Gasteiger partial charge in [0.05, 0.1) is 17.8 Å². The van der Waals surface area contributed by atoms with Gasteiger partial charge in [-0.2, -0.15) is 5.10 Å². The first kappa shape index (κ1) is 13.0. The average molecular weight is 280 g/mol. The predicted molar refractivity (Wildman–Crippen MR) is 80.0 cm³/mol. The molecular formula is C15H12N4O2. The van der Waals surface area contributed by atoms with Crippen LogP contribution in [0.25, 0.3) is 11.1 Å². The summed E-state index contributed by atoms with van der Waals surface area (Å²) < 4.78 is 0. The molecule has 0 unspecified atom stereocenters. The molecule has 0 saturated carbocycles. The molecule has 2 heterocycles. The molecule has 3 rings (SSSR count). The molecule has 6 heteroatoms. The zero-order valence-electron chi connectivity index (χ0n) is 11.1. The van der Waals surface area contributed by atoms with E-state index in [-0.39, 0.29) is 5.91 Å². The van der Waals surface area contributed by atoms with Crippen molar-refractivity contribution < 1.29 is 9.59 Å². The molecule has 0 radical (unpaired) electrons. The van der Waals surface area contributed by atoms with E-state index in [4.69, 9.17) is 0 Å². The Kier molecular flexibility index (Phi) is 3.42. The highest BCUT2D eigenvalue weighted by Crippen LogP contribution is 2.30. The Bertz CT molecular complexity index is 727. The molecule has 2 aromatic rings. The normalized spacial score (nSPS) is 13.5. The predicted octanol–water partition coefficient (Wildman–Crippen LogP) is 2.04. The first-order valence-corrected chi connectivity index (χ1v) is 6.39. The number of carbonyl (C=O) groups excluding carboxylic acids is 2.